The molecule has 2 aromatic rings. The average molecular weight is 325 g/mol. The van der Waals surface area contributed by atoms with E-state index in [-0.39, 0.29) is 17.6 Å². The Hall–Kier alpha value is -1.51. The van der Waals surface area contributed by atoms with Crippen molar-refractivity contribution in [2.45, 2.75) is 6.42 Å². The van der Waals surface area contributed by atoms with Crippen molar-refractivity contribution in [3.05, 3.63) is 29.3 Å². The fraction of sp³-hybridized carbons (Fsp3) is 0.385. The lowest BCUT2D eigenvalue weighted by atomic mass is 10.1. The third-order valence-electron chi connectivity index (χ3n) is 3.62. The predicted molar refractivity (Wildman–Crippen MR) is 81.6 cm³/mol. The molecular formula is C13H15N3O3S2. The fourth-order valence-corrected chi connectivity index (χ4v) is 4.30. The van der Waals surface area contributed by atoms with Gasteiger partial charge < -0.3 is 4.90 Å². The van der Waals surface area contributed by atoms with Crippen LogP contribution in [-0.2, 0) is 10.0 Å². The first-order valence-electron chi connectivity index (χ1n) is 6.55. The van der Waals surface area contributed by atoms with Crippen molar-refractivity contribution < 1.29 is 13.2 Å². The summed E-state index contributed by atoms with van der Waals surface area (Å²) in [6, 6.07) is 5.43. The number of primary sulfonamides is 1. The maximum Gasteiger partial charge on any atom is 0.253 e. The second-order valence-corrected chi connectivity index (χ2v) is 7.82. The van der Waals surface area contributed by atoms with Crippen molar-refractivity contribution in [3.8, 4) is 0 Å². The Morgan fingerprint density at radius 1 is 1.48 bits per heavy atom. The van der Waals surface area contributed by atoms with Crippen LogP contribution in [0.25, 0.3) is 10.2 Å². The molecule has 1 aliphatic rings. The SMILES string of the molecule is NS(=O)(=O)C[C@H]1CCN(C(=O)c2ccc3ncsc3c2)C1. The first-order chi connectivity index (χ1) is 9.92. The van der Waals surface area contributed by atoms with Crippen LogP contribution in [0.3, 0.4) is 0 Å². The number of aromatic nitrogens is 1. The lowest BCUT2D eigenvalue weighted by molar-refractivity contribution is 0.0788. The van der Waals surface area contributed by atoms with Gasteiger partial charge in [0.05, 0.1) is 21.5 Å². The van der Waals surface area contributed by atoms with Gasteiger partial charge in [-0.3, -0.25) is 4.79 Å². The van der Waals surface area contributed by atoms with Crippen molar-refractivity contribution in [1.82, 2.24) is 9.88 Å². The van der Waals surface area contributed by atoms with Gasteiger partial charge in [-0.15, -0.1) is 11.3 Å². The highest BCUT2D eigenvalue weighted by atomic mass is 32.2. The monoisotopic (exact) mass is 325 g/mol. The predicted octanol–water partition coefficient (Wildman–Crippen LogP) is 1.05. The van der Waals surface area contributed by atoms with Crippen LogP contribution in [-0.4, -0.2) is 43.1 Å². The summed E-state index contributed by atoms with van der Waals surface area (Å²) in [4.78, 5) is 18.3. The summed E-state index contributed by atoms with van der Waals surface area (Å²) in [6.45, 7) is 1.01. The normalized spacial score (nSPS) is 19.3. The van der Waals surface area contributed by atoms with Gasteiger partial charge in [0.1, 0.15) is 0 Å². The third kappa shape index (κ3) is 3.22. The Labute approximate surface area is 126 Å². The molecule has 3 rings (SSSR count). The van der Waals surface area contributed by atoms with E-state index in [0.717, 1.165) is 10.2 Å². The smallest absolute Gasteiger partial charge is 0.253 e. The van der Waals surface area contributed by atoms with Crippen molar-refractivity contribution in [2.24, 2.45) is 11.1 Å². The molecule has 1 aromatic carbocycles. The molecule has 0 radical (unpaired) electrons. The van der Waals surface area contributed by atoms with Gasteiger partial charge >= 0.3 is 0 Å². The fourth-order valence-electron chi connectivity index (χ4n) is 2.65. The van der Waals surface area contributed by atoms with Crippen molar-refractivity contribution in [2.75, 3.05) is 18.8 Å². The minimum absolute atomic E-state index is 0.0648. The number of benzene rings is 1. The quantitative estimate of drug-likeness (QED) is 0.912. The third-order valence-corrected chi connectivity index (χ3v) is 5.35. The Balaban J connectivity index is 1.74. The lowest BCUT2D eigenvalue weighted by Crippen LogP contribution is -2.30. The maximum atomic E-state index is 12.5. The molecule has 8 heteroatoms. The summed E-state index contributed by atoms with van der Waals surface area (Å²) < 4.78 is 23.2. The average Bonchev–Trinajstić information content (AvgIpc) is 3.03. The van der Waals surface area contributed by atoms with Crippen LogP contribution in [0.15, 0.2) is 23.7 Å². The molecule has 0 saturated carbocycles. The first-order valence-corrected chi connectivity index (χ1v) is 9.15. The standard InChI is InChI=1S/C13H15N3O3S2/c14-21(18,19)7-9-3-4-16(6-9)13(17)10-1-2-11-12(5-10)20-8-15-11/h1-2,5,8-9H,3-4,6-7H2,(H2,14,18,19)/t9-/m0/s1. The summed E-state index contributed by atoms with van der Waals surface area (Å²) in [5, 5.41) is 5.06. The molecule has 1 aromatic heterocycles. The Morgan fingerprint density at radius 2 is 2.29 bits per heavy atom. The summed E-state index contributed by atoms with van der Waals surface area (Å²) in [7, 11) is -3.49. The van der Waals surface area contributed by atoms with Crippen LogP contribution >= 0.6 is 11.3 Å². The highest BCUT2D eigenvalue weighted by Gasteiger charge is 2.29. The number of fused-ring (bicyclic) bond motifs is 1. The van der Waals surface area contributed by atoms with Gasteiger partial charge in [-0.1, -0.05) is 0 Å². The zero-order chi connectivity index (χ0) is 15.0. The van der Waals surface area contributed by atoms with Gasteiger partial charge in [0.25, 0.3) is 5.91 Å². The van der Waals surface area contributed by atoms with Gasteiger partial charge in [-0.05, 0) is 30.5 Å². The zero-order valence-corrected chi connectivity index (χ0v) is 12.9. The van der Waals surface area contributed by atoms with E-state index in [1.807, 2.05) is 12.1 Å². The first kappa shape index (κ1) is 14.4. The van der Waals surface area contributed by atoms with E-state index in [0.29, 0.717) is 25.1 Å². The van der Waals surface area contributed by atoms with Crippen LogP contribution in [0.2, 0.25) is 0 Å². The second-order valence-electron chi connectivity index (χ2n) is 5.27. The van der Waals surface area contributed by atoms with E-state index >= 15 is 0 Å². The highest BCUT2D eigenvalue weighted by Crippen LogP contribution is 2.23. The summed E-state index contributed by atoms with van der Waals surface area (Å²) >= 11 is 1.49. The number of amides is 1. The van der Waals surface area contributed by atoms with Crippen molar-refractivity contribution >= 4 is 37.5 Å². The molecule has 1 atom stereocenters. The molecule has 1 amide bonds. The number of nitrogens with two attached hydrogens (primary N) is 1. The van der Waals surface area contributed by atoms with E-state index in [4.69, 9.17) is 5.14 Å². The number of likely N-dealkylation sites (tertiary alicyclic amines) is 1. The minimum Gasteiger partial charge on any atom is -0.338 e. The highest BCUT2D eigenvalue weighted by molar-refractivity contribution is 7.89. The molecule has 0 spiro atoms. The van der Waals surface area contributed by atoms with E-state index < -0.39 is 10.0 Å². The number of rotatable bonds is 3. The Bertz CT molecular complexity index is 785. The molecule has 1 saturated heterocycles. The van der Waals surface area contributed by atoms with Gasteiger partial charge in [-0.2, -0.15) is 0 Å². The zero-order valence-electron chi connectivity index (χ0n) is 11.2. The molecule has 112 valence electrons. The van der Waals surface area contributed by atoms with E-state index in [1.165, 1.54) is 11.3 Å². The van der Waals surface area contributed by atoms with Crippen LogP contribution < -0.4 is 5.14 Å². The summed E-state index contributed by atoms with van der Waals surface area (Å²) in [5.41, 5.74) is 3.24. The molecular weight excluding hydrogens is 310 g/mol. The molecule has 0 bridgehead atoms. The lowest BCUT2D eigenvalue weighted by Gasteiger charge is -2.16. The van der Waals surface area contributed by atoms with Gasteiger partial charge in [0, 0.05) is 18.7 Å². The number of carbonyl (C=O) groups is 1. The van der Waals surface area contributed by atoms with Crippen LogP contribution in [0, 0.1) is 5.92 Å². The Morgan fingerprint density at radius 3 is 3.05 bits per heavy atom. The van der Waals surface area contributed by atoms with Gasteiger partial charge in [-0.25, -0.2) is 18.5 Å². The van der Waals surface area contributed by atoms with Crippen LogP contribution in [0.4, 0.5) is 0 Å². The number of sulfonamides is 1. The summed E-state index contributed by atoms with van der Waals surface area (Å²) in [6.07, 6.45) is 0.672. The maximum absolute atomic E-state index is 12.5. The summed E-state index contributed by atoms with van der Waals surface area (Å²) in [5.74, 6) is -0.205. The second kappa shape index (κ2) is 5.36. The topological polar surface area (TPSA) is 93.4 Å². The minimum atomic E-state index is -3.49. The molecule has 2 N–H and O–H groups in total. The van der Waals surface area contributed by atoms with E-state index in [1.54, 1.807) is 16.5 Å². The molecule has 21 heavy (non-hydrogen) atoms. The molecule has 0 aliphatic carbocycles. The van der Waals surface area contributed by atoms with Crippen LogP contribution in [0.1, 0.15) is 16.8 Å². The van der Waals surface area contributed by atoms with Crippen molar-refractivity contribution in [1.29, 1.82) is 0 Å². The van der Waals surface area contributed by atoms with Gasteiger partial charge in [0.2, 0.25) is 10.0 Å². The number of carbonyl (C=O) groups excluding carboxylic acids is 1. The molecule has 6 nitrogen and oxygen atoms in total. The largest absolute Gasteiger partial charge is 0.338 e. The number of thiazole rings is 1. The number of hydrogen-bond donors (Lipinski definition) is 1. The van der Waals surface area contributed by atoms with Crippen LogP contribution in [0.5, 0.6) is 0 Å². The van der Waals surface area contributed by atoms with E-state index in [9.17, 15) is 13.2 Å². The number of hydrogen-bond acceptors (Lipinski definition) is 5. The molecule has 1 fully saturated rings. The molecule has 2 heterocycles. The van der Waals surface area contributed by atoms with Crippen molar-refractivity contribution in [3.63, 3.8) is 0 Å². The van der Waals surface area contributed by atoms with Gasteiger partial charge in [0.15, 0.2) is 0 Å². The Kier molecular flexibility index (Phi) is 3.68. The van der Waals surface area contributed by atoms with E-state index in [2.05, 4.69) is 4.98 Å². The molecule has 1 aliphatic heterocycles. The molecule has 0 unspecified atom stereocenters. The number of nitrogens with zero attached hydrogens (tertiary/aromatic N) is 2.